The molecule has 0 amide bonds. The third kappa shape index (κ3) is 2.70. The molecule has 1 N–H and O–H groups in total. The maximum absolute atomic E-state index is 4.69. The lowest BCUT2D eigenvalue weighted by Crippen LogP contribution is -2.40. The van der Waals surface area contributed by atoms with Crippen LogP contribution in [0.2, 0.25) is 0 Å². The van der Waals surface area contributed by atoms with Crippen molar-refractivity contribution in [3.63, 3.8) is 0 Å². The second-order valence-corrected chi connectivity index (χ2v) is 6.82. The first-order chi connectivity index (χ1) is 9.28. The molecule has 1 aliphatic heterocycles. The Balaban J connectivity index is 1.87. The number of thioether (sulfide) groups is 1. The van der Waals surface area contributed by atoms with Gasteiger partial charge in [0.25, 0.3) is 0 Å². The monoisotopic (exact) mass is 294 g/mol. The zero-order chi connectivity index (χ0) is 13.2. The molecule has 2 aromatic rings. The van der Waals surface area contributed by atoms with Crippen LogP contribution < -0.4 is 5.32 Å². The van der Waals surface area contributed by atoms with Gasteiger partial charge in [-0.15, -0.1) is 11.3 Å². The first-order valence-corrected chi connectivity index (χ1v) is 8.55. The zero-order valence-electron chi connectivity index (χ0n) is 11.2. The van der Waals surface area contributed by atoms with E-state index in [1.54, 1.807) is 11.3 Å². The van der Waals surface area contributed by atoms with Crippen LogP contribution in [0.25, 0.3) is 10.2 Å². The molecule has 0 bridgehead atoms. The quantitative estimate of drug-likeness (QED) is 0.942. The van der Waals surface area contributed by atoms with Crippen molar-refractivity contribution in [1.82, 2.24) is 14.9 Å². The van der Waals surface area contributed by atoms with Crippen molar-refractivity contribution >= 4 is 39.1 Å². The van der Waals surface area contributed by atoms with Crippen LogP contribution in [-0.4, -0.2) is 46.0 Å². The Labute approximate surface area is 121 Å². The number of thiophene rings is 1. The lowest BCUT2D eigenvalue weighted by molar-refractivity contribution is 0.219. The minimum atomic E-state index is 0.611. The number of aromatic nitrogens is 2. The van der Waals surface area contributed by atoms with Crippen LogP contribution in [0.4, 0.5) is 5.82 Å². The van der Waals surface area contributed by atoms with Crippen LogP contribution in [0.1, 0.15) is 12.7 Å². The van der Waals surface area contributed by atoms with E-state index < -0.39 is 0 Å². The number of hydrogen-bond donors (Lipinski definition) is 1. The van der Waals surface area contributed by atoms with E-state index in [9.17, 15) is 0 Å². The highest BCUT2D eigenvalue weighted by Gasteiger charge is 2.20. The molecule has 0 aromatic carbocycles. The molecule has 1 aliphatic rings. The van der Waals surface area contributed by atoms with E-state index in [1.807, 2.05) is 18.8 Å². The molecule has 0 aliphatic carbocycles. The lowest BCUT2D eigenvalue weighted by Gasteiger charge is -2.32. The molecule has 102 valence electrons. The van der Waals surface area contributed by atoms with Crippen molar-refractivity contribution in [3.8, 4) is 0 Å². The van der Waals surface area contributed by atoms with E-state index in [2.05, 4.69) is 33.6 Å². The van der Waals surface area contributed by atoms with Gasteiger partial charge in [-0.25, -0.2) is 9.97 Å². The molecule has 0 saturated carbocycles. The Hall–Kier alpha value is -0.850. The third-order valence-electron chi connectivity index (χ3n) is 3.46. The number of anilines is 1. The van der Waals surface area contributed by atoms with Crippen LogP contribution >= 0.6 is 23.1 Å². The molecule has 0 spiro atoms. The highest BCUT2D eigenvalue weighted by atomic mass is 32.2. The lowest BCUT2D eigenvalue weighted by atomic mass is 10.3. The van der Waals surface area contributed by atoms with Gasteiger partial charge in [-0.3, -0.25) is 4.90 Å². The van der Waals surface area contributed by atoms with Gasteiger partial charge in [-0.2, -0.15) is 11.8 Å². The number of rotatable bonds is 3. The molecular weight excluding hydrogens is 276 g/mol. The summed E-state index contributed by atoms with van der Waals surface area (Å²) in [6, 6.07) is 2.69. The standard InChI is InChI=1S/C13H18N4S2/c1-9-8-18-6-4-17(9)7-11-15-12(14-2)10-3-5-19-13(10)16-11/h3,5,9H,4,6-8H2,1-2H3,(H,14,15,16). The van der Waals surface area contributed by atoms with Crippen molar-refractivity contribution in [2.45, 2.75) is 19.5 Å². The molecule has 3 rings (SSSR count). The molecule has 4 nitrogen and oxygen atoms in total. The van der Waals surface area contributed by atoms with E-state index in [0.717, 1.165) is 34.9 Å². The van der Waals surface area contributed by atoms with Crippen LogP contribution in [0.5, 0.6) is 0 Å². The highest BCUT2D eigenvalue weighted by Crippen LogP contribution is 2.25. The number of fused-ring (bicyclic) bond motifs is 1. The zero-order valence-corrected chi connectivity index (χ0v) is 12.9. The fraction of sp³-hybridized carbons (Fsp3) is 0.538. The van der Waals surface area contributed by atoms with Gasteiger partial charge >= 0.3 is 0 Å². The molecule has 1 fully saturated rings. The number of nitrogens with one attached hydrogen (secondary N) is 1. The van der Waals surface area contributed by atoms with E-state index in [0.29, 0.717) is 6.04 Å². The summed E-state index contributed by atoms with van der Waals surface area (Å²) >= 11 is 3.72. The largest absolute Gasteiger partial charge is 0.372 e. The van der Waals surface area contributed by atoms with Gasteiger partial charge in [0.1, 0.15) is 16.5 Å². The van der Waals surface area contributed by atoms with Gasteiger partial charge in [0, 0.05) is 31.1 Å². The fourth-order valence-electron chi connectivity index (χ4n) is 2.34. The Bertz CT molecular complexity index is 569. The molecule has 6 heteroatoms. The average Bonchev–Trinajstić information content (AvgIpc) is 2.89. The number of nitrogens with zero attached hydrogens (tertiary/aromatic N) is 3. The SMILES string of the molecule is CNc1nc(CN2CCSCC2C)nc2sccc12. The summed E-state index contributed by atoms with van der Waals surface area (Å²) in [6.45, 7) is 4.27. The second-order valence-electron chi connectivity index (χ2n) is 4.77. The molecule has 2 aromatic heterocycles. The van der Waals surface area contributed by atoms with Gasteiger partial charge in [0.2, 0.25) is 0 Å². The van der Waals surface area contributed by atoms with Gasteiger partial charge in [-0.05, 0) is 18.4 Å². The average molecular weight is 294 g/mol. The van der Waals surface area contributed by atoms with Crippen molar-refractivity contribution in [2.24, 2.45) is 0 Å². The van der Waals surface area contributed by atoms with Gasteiger partial charge in [0.15, 0.2) is 0 Å². The number of hydrogen-bond acceptors (Lipinski definition) is 6. The van der Waals surface area contributed by atoms with Crippen molar-refractivity contribution in [1.29, 1.82) is 0 Å². The molecular formula is C13H18N4S2. The van der Waals surface area contributed by atoms with E-state index in [1.165, 1.54) is 11.5 Å². The first-order valence-electron chi connectivity index (χ1n) is 6.51. The molecule has 19 heavy (non-hydrogen) atoms. The van der Waals surface area contributed by atoms with Crippen LogP contribution in [0, 0.1) is 0 Å². The van der Waals surface area contributed by atoms with Crippen molar-refractivity contribution in [2.75, 3.05) is 30.4 Å². The summed E-state index contributed by atoms with van der Waals surface area (Å²) in [5.41, 5.74) is 0. The third-order valence-corrected chi connectivity index (χ3v) is 5.45. The summed E-state index contributed by atoms with van der Waals surface area (Å²) in [5.74, 6) is 4.29. The van der Waals surface area contributed by atoms with Crippen molar-refractivity contribution in [3.05, 3.63) is 17.3 Å². The van der Waals surface area contributed by atoms with Crippen LogP contribution in [0.3, 0.4) is 0 Å². The minimum absolute atomic E-state index is 0.611. The predicted octanol–water partition coefficient (Wildman–Crippen LogP) is 2.67. The summed E-state index contributed by atoms with van der Waals surface area (Å²) in [5, 5.41) is 6.38. The molecule has 1 atom stereocenters. The van der Waals surface area contributed by atoms with Gasteiger partial charge < -0.3 is 5.32 Å². The maximum atomic E-state index is 4.69. The Kier molecular flexibility index (Phi) is 3.91. The molecule has 3 heterocycles. The Morgan fingerprint density at radius 3 is 3.16 bits per heavy atom. The fourth-order valence-corrected chi connectivity index (χ4v) is 4.20. The normalized spacial score (nSPS) is 20.8. The second kappa shape index (κ2) is 5.64. The summed E-state index contributed by atoms with van der Waals surface area (Å²) in [7, 11) is 1.92. The molecule has 1 unspecified atom stereocenters. The Morgan fingerprint density at radius 2 is 2.37 bits per heavy atom. The summed E-state index contributed by atoms with van der Waals surface area (Å²) in [4.78, 5) is 12.9. The summed E-state index contributed by atoms with van der Waals surface area (Å²) in [6.07, 6.45) is 0. The van der Waals surface area contributed by atoms with Crippen molar-refractivity contribution < 1.29 is 0 Å². The molecule has 1 saturated heterocycles. The van der Waals surface area contributed by atoms with E-state index in [-0.39, 0.29) is 0 Å². The van der Waals surface area contributed by atoms with Gasteiger partial charge in [-0.1, -0.05) is 0 Å². The summed E-state index contributed by atoms with van der Waals surface area (Å²) < 4.78 is 0. The topological polar surface area (TPSA) is 41.1 Å². The van der Waals surface area contributed by atoms with E-state index in [4.69, 9.17) is 4.98 Å². The smallest absolute Gasteiger partial charge is 0.146 e. The minimum Gasteiger partial charge on any atom is -0.372 e. The first kappa shape index (κ1) is 13.1. The highest BCUT2D eigenvalue weighted by molar-refractivity contribution is 7.99. The molecule has 0 radical (unpaired) electrons. The van der Waals surface area contributed by atoms with E-state index >= 15 is 0 Å². The van der Waals surface area contributed by atoms with Gasteiger partial charge in [0.05, 0.1) is 11.9 Å². The van der Waals surface area contributed by atoms with Crippen LogP contribution in [-0.2, 0) is 6.54 Å². The maximum Gasteiger partial charge on any atom is 0.146 e. The predicted molar refractivity (Wildman–Crippen MR) is 84.2 cm³/mol. The van der Waals surface area contributed by atoms with Crippen LogP contribution in [0.15, 0.2) is 11.4 Å². The Morgan fingerprint density at radius 1 is 1.47 bits per heavy atom.